The number of pyridine rings is 1. The number of carbonyl (C=O) groups is 1. The third-order valence-electron chi connectivity index (χ3n) is 7.31. The van der Waals surface area contributed by atoms with Crippen LogP contribution in [-0.2, 0) is 4.74 Å². The van der Waals surface area contributed by atoms with Crippen LogP contribution < -0.4 is 10.9 Å². The van der Waals surface area contributed by atoms with Crippen LogP contribution in [-0.4, -0.2) is 38.3 Å². The number of benzene rings is 2. The molecular weight excluding hydrogens is 502 g/mol. The second kappa shape index (κ2) is 10.8. The van der Waals surface area contributed by atoms with Crippen molar-refractivity contribution >= 4 is 22.3 Å². The molecule has 3 aromatic heterocycles. The van der Waals surface area contributed by atoms with Gasteiger partial charge in [0.05, 0.1) is 17.1 Å². The molecule has 200 valence electrons. The monoisotopic (exact) mass is 531 g/mol. The van der Waals surface area contributed by atoms with E-state index in [1.165, 1.54) is 0 Å². The Morgan fingerprint density at radius 3 is 2.70 bits per heavy atom. The Balaban J connectivity index is 1.45. The van der Waals surface area contributed by atoms with Crippen molar-refractivity contribution < 1.29 is 9.53 Å². The third kappa shape index (κ3) is 4.76. The van der Waals surface area contributed by atoms with Gasteiger partial charge in [0.2, 0.25) is 0 Å². The van der Waals surface area contributed by atoms with Gasteiger partial charge in [0.15, 0.2) is 5.65 Å². The zero-order chi connectivity index (χ0) is 27.6. The van der Waals surface area contributed by atoms with E-state index in [9.17, 15) is 9.59 Å². The quantitative estimate of drug-likeness (QED) is 0.342. The minimum atomic E-state index is -0.500. The first-order valence-electron chi connectivity index (χ1n) is 13.5. The Hall–Kier alpha value is -4.74. The summed E-state index contributed by atoms with van der Waals surface area (Å²) in [6.45, 7) is 5.09. The van der Waals surface area contributed by atoms with Gasteiger partial charge in [-0.05, 0) is 62.4 Å². The lowest BCUT2D eigenvalue weighted by atomic mass is 9.99. The second-order valence-electron chi connectivity index (χ2n) is 10.0. The molecule has 0 saturated carbocycles. The van der Waals surface area contributed by atoms with Crippen molar-refractivity contribution in [3.63, 3.8) is 0 Å². The van der Waals surface area contributed by atoms with Crippen molar-refractivity contribution in [1.29, 1.82) is 0 Å². The lowest BCUT2D eigenvalue weighted by Crippen LogP contribution is -2.32. The largest absolute Gasteiger partial charge is 0.381 e. The summed E-state index contributed by atoms with van der Waals surface area (Å²) in [5.74, 6) is 6.61. The number of hydrogen-bond donors (Lipinski definition) is 1. The van der Waals surface area contributed by atoms with E-state index in [2.05, 4.69) is 27.2 Å². The molecule has 4 heterocycles. The van der Waals surface area contributed by atoms with E-state index in [1.807, 2.05) is 61.5 Å². The minimum Gasteiger partial charge on any atom is -0.381 e. The van der Waals surface area contributed by atoms with Gasteiger partial charge < -0.3 is 10.1 Å². The Labute approximate surface area is 231 Å². The highest BCUT2D eigenvalue weighted by molar-refractivity contribution is 6.01. The average Bonchev–Trinajstić information content (AvgIpc) is 3.32. The van der Waals surface area contributed by atoms with E-state index in [0.29, 0.717) is 52.4 Å². The number of nitrogens with zero attached hydrogens (tertiary/aromatic N) is 4. The number of fused-ring (bicyclic) bond motifs is 2. The molecule has 1 fully saturated rings. The molecule has 40 heavy (non-hydrogen) atoms. The molecule has 1 amide bonds. The summed E-state index contributed by atoms with van der Waals surface area (Å²) < 4.78 is 8.73. The Kier molecular flexibility index (Phi) is 6.89. The van der Waals surface area contributed by atoms with E-state index in [0.717, 1.165) is 18.2 Å². The van der Waals surface area contributed by atoms with Crippen molar-refractivity contribution in [2.24, 2.45) is 5.92 Å². The van der Waals surface area contributed by atoms with Crippen molar-refractivity contribution in [3.05, 3.63) is 106 Å². The first-order valence-corrected chi connectivity index (χ1v) is 13.5. The zero-order valence-corrected chi connectivity index (χ0v) is 22.4. The number of nitrogens with one attached hydrogen (secondary N) is 1. The van der Waals surface area contributed by atoms with E-state index in [4.69, 9.17) is 4.74 Å². The van der Waals surface area contributed by atoms with Crippen molar-refractivity contribution in [1.82, 2.24) is 24.5 Å². The average molecular weight is 532 g/mol. The summed E-state index contributed by atoms with van der Waals surface area (Å²) >= 11 is 0. The molecule has 6 rings (SSSR count). The maximum atomic E-state index is 14.2. The first kappa shape index (κ1) is 25.5. The lowest BCUT2D eigenvalue weighted by molar-refractivity contribution is 0.0807. The summed E-state index contributed by atoms with van der Waals surface area (Å²) in [5, 5.41) is 8.84. The molecule has 2 aromatic carbocycles. The van der Waals surface area contributed by atoms with Gasteiger partial charge in [-0.25, -0.2) is 9.50 Å². The standard InChI is InChI=1S/C32H29N5O3/c1-21(34-31(38)28-22(2)35-36-17-7-16-33-30(28)36)27-20-25-9-6-8-24(13-12-23-14-18-40-19-15-23)29(25)32(39)37(27)26-10-4-3-5-11-26/h3-11,16-17,20-21,23H,14-15,18-19H2,1-2H3,(H,34,38)/t21-/m0/s1. The van der Waals surface area contributed by atoms with Gasteiger partial charge in [-0.3, -0.25) is 14.2 Å². The van der Waals surface area contributed by atoms with E-state index >= 15 is 0 Å². The molecule has 1 aliphatic heterocycles. The number of hydrogen-bond acceptors (Lipinski definition) is 5. The summed E-state index contributed by atoms with van der Waals surface area (Å²) in [6, 6.07) is 18.4. The van der Waals surface area contributed by atoms with E-state index < -0.39 is 6.04 Å². The fourth-order valence-corrected chi connectivity index (χ4v) is 5.28. The fraction of sp³-hybridized carbons (Fsp3) is 0.250. The Morgan fingerprint density at radius 2 is 1.90 bits per heavy atom. The molecule has 8 heteroatoms. The van der Waals surface area contributed by atoms with Crippen LogP contribution in [0.2, 0.25) is 0 Å². The maximum Gasteiger partial charge on any atom is 0.264 e. The highest BCUT2D eigenvalue weighted by atomic mass is 16.5. The molecule has 1 atom stereocenters. The predicted molar refractivity (Wildman–Crippen MR) is 154 cm³/mol. The number of rotatable bonds is 4. The topological polar surface area (TPSA) is 90.5 Å². The lowest BCUT2D eigenvalue weighted by Gasteiger charge is -2.21. The summed E-state index contributed by atoms with van der Waals surface area (Å²) in [6.07, 6.45) is 5.19. The van der Waals surface area contributed by atoms with Crippen LogP contribution in [0.3, 0.4) is 0 Å². The molecule has 5 aromatic rings. The highest BCUT2D eigenvalue weighted by Gasteiger charge is 2.23. The highest BCUT2D eigenvalue weighted by Crippen LogP contribution is 2.24. The molecule has 1 aliphatic rings. The smallest absolute Gasteiger partial charge is 0.264 e. The molecule has 0 spiro atoms. The van der Waals surface area contributed by atoms with Crippen LogP contribution in [0.5, 0.6) is 0 Å². The first-order chi connectivity index (χ1) is 19.5. The van der Waals surface area contributed by atoms with E-state index in [-0.39, 0.29) is 17.4 Å². The normalized spacial score (nSPS) is 14.6. The Morgan fingerprint density at radius 1 is 1.10 bits per heavy atom. The Bertz CT molecular complexity index is 1840. The number of aryl methyl sites for hydroxylation is 1. The van der Waals surface area contributed by atoms with Gasteiger partial charge in [-0.15, -0.1) is 0 Å². The van der Waals surface area contributed by atoms with Crippen LogP contribution in [0, 0.1) is 24.7 Å². The molecule has 8 nitrogen and oxygen atoms in total. The number of para-hydroxylation sites is 1. The molecule has 0 aliphatic carbocycles. The van der Waals surface area contributed by atoms with Gasteiger partial charge in [0, 0.05) is 48.5 Å². The number of ether oxygens (including phenoxy) is 1. The summed E-state index contributed by atoms with van der Waals surface area (Å²) in [4.78, 5) is 32.0. The number of carbonyl (C=O) groups excluding carboxylic acids is 1. The van der Waals surface area contributed by atoms with Gasteiger partial charge in [0.25, 0.3) is 11.5 Å². The fourth-order valence-electron chi connectivity index (χ4n) is 5.28. The molecule has 1 saturated heterocycles. The van der Waals surface area contributed by atoms with Crippen LogP contribution in [0.25, 0.3) is 22.1 Å². The van der Waals surface area contributed by atoms with E-state index in [1.54, 1.807) is 34.5 Å². The number of aromatic nitrogens is 4. The van der Waals surface area contributed by atoms with Gasteiger partial charge >= 0.3 is 0 Å². The van der Waals surface area contributed by atoms with Gasteiger partial charge in [0.1, 0.15) is 5.56 Å². The summed E-state index contributed by atoms with van der Waals surface area (Å²) in [7, 11) is 0. The second-order valence-corrected chi connectivity index (χ2v) is 10.0. The van der Waals surface area contributed by atoms with Crippen molar-refractivity contribution in [3.8, 4) is 17.5 Å². The molecule has 0 unspecified atom stereocenters. The number of amides is 1. The third-order valence-corrected chi connectivity index (χ3v) is 7.31. The predicted octanol–water partition coefficient (Wildman–Crippen LogP) is 4.61. The maximum absolute atomic E-state index is 14.2. The van der Waals surface area contributed by atoms with Crippen LogP contribution >= 0.6 is 0 Å². The van der Waals surface area contributed by atoms with Crippen LogP contribution in [0.1, 0.15) is 53.1 Å². The van der Waals surface area contributed by atoms with Gasteiger partial charge in [-0.1, -0.05) is 42.2 Å². The van der Waals surface area contributed by atoms with Crippen LogP contribution in [0.4, 0.5) is 0 Å². The van der Waals surface area contributed by atoms with Crippen molar-refractivity contribution in [2.75, 3.05) is 13.2 Å². The molecule has 0 radical (unpaired) electrons. The van der Waals surface area contributed by atoms with Crippen molar-refractivity contribution in [2.45, 2.75) is 32.7 Å². The molecular formula is C32H29N5O3. The minimum absolute atomic E-state index is 0.175. The SMILES string of the molecule is Cc1nn2cccnc2c1C(=O)N[C@@H](C)c1cc2cccc(C#CC3CCOCC3)c2c(=O)n1-c1ccccc1. The zero-order valence-electron chi connectivity index (χ0n) is 22.4. The molecule has 1 N–H and O–H groups in total. The summed E-state index contributed by atoms with van der Waals surface area (Å²) in [5.41, 5.74) is 3.37. The van der Waals surface area contributed by atoms with Crippen LogP contribution in [0.15, 0.2) is 77.9 Å². The van der Waals surface area contributed by atoms with Gasteiger partial charge in [-0.2, -0.15) is 5.10 Å². The molecule has 0 bridgehead atoms.